The molecule has 0 aliphatic rings. The number of rotatable bonds is 1. The van der Waals surface area contributed by atoms with E-state index in [2.05, 4.69) is 0 Å². The van der Waals surface area contributed by atoms with Crippen LogP contribution in [0.2, 0.25) is 0 Å². The van der Waals surface area contributed by atoms with Gasteiger partial charge in [-0.3, -0.25) is 0 Å². The van der Waals surface area contributed by atoms with E-state index < -0.39 is 0 Å². The molecule has 2 aromatic rings. The SMILES string of the molecule is Nc1cc(-n2cccc2)co1. The van der Waals surface area contributed by atoms with Gasteiger partial charge in [0.05, 0.1) is 5.69 Å². The van der Waals surface area contributed by atoms with Crippen molar-refractivity contribution < 1.29 is 4.42 Å². The summed E-state index contributed by atoms with van der Waals surface area (Å²) in [6.07, 6.45) is 5.49. The van der Waals surface area contributed by atoms with Crippen LogP contribution in [0.3, 0.4) is 0 Å². The van der Waals surface area contributed by atoms with Crippen molar-refractivity contribution >= 4 is 5.88 Å². The van der Waals surface area contributed by atoms with Crippen molar-refractivity contribution in [3.8, 4) is 5.69 Å². The minimum Gasteiger partial charge on any atom is -0.447 e. The third-order valence-corrected chi connectivity index (χ3v) is 1.51. The highest BCUT2D eigenvalue weighted by Gasteiger charge is 1.97. The molecule has 0 amide bonds. The maximum Gasteiger partial charge on any atom is 0.192 e. The molecule has 56 valence electrons. The summed E-state index contributed by atoms with van der Waals surface area (Å²) >= 11 is 0. The second-order valence-electron chi connectivity index (χ2n) is 2.30. The average Bonchev–Trinajstić information content (AvgIpc) is 2.55. The lowest BCUT2D eigenvalue weighted by molar-refractivity contribution is 0.586. The van der Waals surface area contributed by atoms with Gasteiger partial charge in [-0.15, -0.1) is 0 Å². The van der Waals surface area contributed by atoms with E-state index in [-0.39, 0.29) is 0 Å². The van der Waals surface area contributed by atoms with E-state index in [4.69, 9.17) is 10.2 Å². The Labute approximate surface area is 64.0 Å². The first-order chi connectivity index (χ1) is 5.36. The zero-order valence-corrected chi connectivity index (χ0v) is 5.90. The van der Waals surface area contributed by atoms with Gasteiger partial charge in [-0.25, -0.2) is 0 Å². The van der Waals surface area contributed by atoms with E-state index in [1.807, 2.05) is 29.1 Å². The number of nitrogen functional groups attached to an aromatic ring is 1. The molecular weight excluding hydrogens is 140 g/mol. The first kappa shape index (κ1) is 6.09. The van der Waals surface area contributed by atoms with E-state index in [9.17, 15) is 0 Å². The molecule has 0 unspecified atom stereocenters. The van der Waals surface area contributed by atoms with Crippen LogP contribution < -0.4 is 5.73 Å². The summed E-state index contributed by atoms with van der Waals surface area (Å²) in [6, 6.07) is 5.67. The third kappa shape index (κ3) is 1.00. The van der Waals surface area contributed by atoms with Crippen LogP contribution in [0.4, 0.5) is 5.88 Å². The number of furan rings is 1. The highest BCUT2D eigenvalue weighted by molar-refractivity contribution is 5.39. The monoisotopic (exact) mass is 148 g/mol. The molecule has 2 aromatic heterocycles. The Morgan fingerprint density at radius 2 is 2.00 bits per heavy atom. The summed E-state index contributed by atoms with van der Waals surface area (Å²) in [6.45, 7) is 0. The van der Waals surface area contributed by atoms with Crippen molar-refractivity contribution in [2.75, 3.05) is 5.73 Å². The van der Waals surface area contributed by atoms with Gasteiger partial charge in [0.25, 0.3) is 0 Å². The van der Waals surface area contributed by atoms with Gasteiger partial charge in [0.2, 0.25) is 0 Å². The van der Waals surface area contributed by atoms with E-state index in [0.717, 1.165) is 5.69 Å². The summed E-state index contributed by atoms with van der Waals surface area (Å²) in [7, 11) is 0. The quantitative estimate of drug-likeness (QED) is 0.668. The van der Waals surface area contributed by atoms with Crippen molar-refractivity contribution in [2.24, 2.45) is 0 Å². The summed E-state index contributed by atoms with van der Waals surface area (Å²) in [4.78, 5) is 0. The lowest BCUT2D eigenvalue weighted by Gasteiger charge is -1.92. The molecule has 0 radical (unpaired) electrons. The van der Waals surface area contributed by atoms with Gasteiger partial charge in [-0.1, -0.05) is 0 Å². The number of nitrogens with two attached hydrogens (primary N) is 1. The van der Waals surface area contributed by atoms with Gasteiger partial charge in [-0.05, 0) is 12.1 Å². The molecule has 0 atom stereocenters. The molecule has 2 rings (SSSR count). The number of hydrogen-bond donors (Lipinski definition) is 1. The molecule has 11 heavy (non-hydrogen) atoms. The van der Waals surface area contributed by atoms with Gasteiger partial charge in [0.15, 0.2) is 5.88 Å². The normalized spacial score (nSPS) is 10.2. The van der Waals surface area contributed by atoms with Crippen LogP contribution in [0, 0.1) is 0 Å². The summed E-state index contributed by atoms with van der Waals surface area (Å²) in [5, 5.41) is 0. The van der Waals surface area contributed by atoms with E-state index in [1.54, 1.807) is 12.3 Å². The van der Waals surface area contributed by atoms with Crippen LogP contribution in [-0.2, 0) is 0 Å². The van der Waals surface area contributed by atoms with Gasteiger partial charge in [0, 0.05) is 18.5 Å². The molecule has 0 aliphatic carbocycles. The van der Waals surface area contributed by atoms with Crippen molar-refractivity contribution in [1.29, 1.82) is 0 Å². The lowest BCUT2D eigenvalue weighted by atomic mass is 10.5. The fourth-order valence-corrected chi connectivity index (χ4v) is 0.984. The summed E-state index contributed by atoms with van der Waals surface area (Å²) in [5.41, 5.74) is 6.36. The Morgan fingerprint density at radius 1 is 1.27 bits per heavy atom. The van der Waals surface area contributed by atoms with Crippen molar-refractivity contribution in [3.63, 3.8) is 0 Å². The van der Waals surface area contributed by atoms with Gasteiger partial charge >= 0.3 is 0 Å². The molecular formula is C8H8N2O. The highest BCUT2D eigenvalue weighted by atomic mass is 16.3. The maximum absolute atomic E-state index is 5.40. The fraction of sp³-hybridized carbons (Fsp3) is 0. The Bertz CT molecular complexity index is 335. The minimum atomic E-state index is 0.439. The number of aromatic nitrogens is 1. The number of anilines is 1. The predicted octanol–water partition coefficient (Wildman–Crippen LogP) is 1.65. The van der Waals surface area contributed by atoms with Crippen molar-refractivity contribution in [3.05, 3.63) is 36.9 Å². The molecule has 0 saturated heterocycles. The van der Waals surface area contributed by atoms with Gasteiger partial charge in [-0.2, -0.15) is 0 Å². The molecule has 3 heteroatoms. The summed E-state index contributed by atoms with van der Waals surface area (Å²) < 4.78 is 6.88. The Kier molecular flexibility index (Phi) is 1.22. The topological polar surface area (TPSA) is 44.1 Å². The molecule has 3 nitrogen and oxygen atoms in total. The zero-order valence-electron chi connectivity index (χ0n) is 5.90. The zero-order chi connectivity index (χ0) is 7.68. The highest BCUT2D eigenvalue weighted by Crippen LogP contribution is 2.13. The second-order valence-corrected chi connectivity index (χ2v) is 2.30. The standard InChI is InChI=1S/C8H8N2O/c9-8-5-7(6-11-8)10-3-1-2-4-10/h1-6H,9H2. The Morgan fingerprint density at radius 3 is 2.55 bits per heavy atom. The van der Waals surface area contributed by atoms with Gasteiger partial charge in [0.1, 0.15) is 6.26 Å². The first-order valence-corrected chi connectivity index (χ1v) is 3.33. The number of nitrogens with zero attached hydrogens (tertiary/aromatic N) is 1. The minimum absolute atomic E-state index is 0.439. The van der Waals surface area contributed by atoms with Crippen LogP contribution >= 0.6 is 0 Å². The lowest BCUT2D eigenvalue weighted by Crippen LogP contribution is -1.84. The van der Waals surface area contributed by atoms with E-state index >= 15 is 0 Å². The largest absolute Gasteiger partial charge is 0.447 e. The Balaban J connectivity index is 2.45. The molecule has 0 saturated carbocycles. The summed E-state index contributed by atoms with van der Waals surface area (Å²) in [5.74, 6) is 0.439. The van der Waals surface area contributed by atoms with Crippen molar-refractivity contribution in [2.45, 2.75) is 0 Å². The van der Waals surface area contributed by atoms with E-state index in [0.29, 0.717) is 5.88 Å². The van der Waals surface area contributed by atoms with Crippen LogP contribution in [0.5, 0.6) is 0 Å². The fourth-order valence-electron chi connectivity index (χ4n) is 0.984. The van der Waals surface area contributed by atoms with Crippen LogP contribution in [0.15, 0.2) is 41.3 Å². The average molecular weight is 148 g/mol. The molecule has 0 bridgehead atoms. The second kappa shape index (κ2) is 2.20. The van der Waals surface area contributed by atoms with Crippen LogP contribution in [0.1, 0.15) is 0 Å². The molecule has 0 aromatic carbocycles. The third-order valence-electron chi connectivity index (χ3n) is 1.51. The molecule has 2 heterocycles. The molecule has 0 aliphatic heterocycles. The smallest absolute Gasteiger partial charge is 0.192 e. The van der Waals surface area contributed by atoms with Crippen LogP contribution in [0.25, 0.3) is 5.69 Å². The molecule has 0 fully saturated rings. The van der Waals surface area contributed by atoms with Gasteiger partial charge < -0.3 is 14.7 Å². The maximum atomic E-state index is 5.40. The number of hydrogen-bond acceptors (Lipinski definition) is 2. The molecule has 0 spiro atoms. The van der Waals surface area contributed by atoms with Crippen molar-refractivity contribution in [1.82, 2.24) is 4.57 Å². The molecule has 2 N–H and O–H groups in total. The Hall–Kier alpha value is -1.64. The van der Waals surface area contributed by atoms with Crippen LogP contribution in [-0.4, -0.2) is 4.57 Å². The first-order valence-electron chi connectivity index (χ1n) is 3.33. The van der Waals surface area contributed by atoms with E-state index in [1.165, 1.54) is 0 Å². The predicted molar refractivity (Wildman–Crippen MR) is 42.4 cm³/mol.